The fourth-order valence-corrected chi connectivity index (χ4v) is 1.94. The van der Waals surface area contributed by atoms with Gasteiger partial charge in [-0.05, 0) is 25.0 Å². The lowest BCUT2D eigenvalue weighted by Crippen LogP contribution is -2.43. The number of halogens is 2. The Hall–Kier alpha value is -0.610. The van der Waals surface area contributed by atoms with E-state index in [1.807, 2.05) is 0 Å². The van der Waals surface area contributed by atoms with Crippen LogP contribution in [-0.4, -0.2) is 12.1 Å². The first-order chi connectivity index (χ1) is 6.63. The third kappa shape index (κ3) is 2.25. The summed E-state index contributed by atoms with van der Waals surface area (Å²) in [5.74, 6) is 0.270. The minimum atomic E-state index is -0.294. The first-order valence-electron chi connectivity index (χ1n) is 4.52. The summed E-state index contributed by atoms with van der Waals surface area (Å²) in [6, 6.07) is 4.79. The molecule has 4 heteroatoms. The van der Waals surface area contributed by atoms with Gasteiger partial charge in [-0.1, -0.05) is 15.9 Å². The van der Waals surface area contributed by atoms with Crippen LogP contribution in [-0.2, 0) is 0 Å². The fourth-order valence-electron chi connectivity index (χ4n) is 1.49. The van der Waals surface area contributed by atoms with Gasteiger partial charge in [0.25, 0.3) is 0 Å². The van der Waals surface area contributed by atoms with E-state index in [1.165, 1.54) is 12.1 Å². The van der Waals surface area contributed by atoms with E-state index >= 15 is 0 Å². The Balaban J connectivity index is 2.02. The first kappa shape index (κ1) is 9.93. The van der Waals surface area contributed by atoms with Crippen molar-refractivity contribution in [2.24, 2.45) is 5.73 Å². The third-order valence-corrected chi connectivity index (χ3v) is 2.73. The van der Waals surface area contributed by atoms with Crippen molar-refractivity contribution < 1.29 is 9.13 Å². The van der Waals surface area contributed by atoms with E-state index in [4.69, 9.17) is 10.5 Å². The average molecular weight is 260 g/mol. The molecule has 76 valence electrons. The zero-order chi connectivity index (χ0) is 10.1. The summed E-state index contributed by atoms with van der Waals surface area (Å²) in [5, 5.41) is 0. The van der Waals surface area contributed by atoms with Gasteiger partial charge in [-0.15, -0.1) is 0 Å². The molecule has 1 saturated carbocycles. The van der Waals surface area contributed by atoms with Gasteiger partial charge >= 0.3 is 0 Å². The minimum Gasteiger partial charge on any atom is -0.490 e. The van der Waals surface area contributed by atoms with E-state index in [1.54, 1.807) is 6.07 Å². The molecule has 0 saturated heterocycles. The van der Waals surface area contributed by atoms with Gasteiger partial charge in [0.1, 0.15) is 17.7 Å². The second-order valence-electron chi connectivity index (χ2n) is 3.58. The lowest BCUT2D eigenvalue weighted by molar-refractivity contribution is 0.100. The molecule has 0 bridgehead atoms. The topological polar surface area (TPSA) is 35.2 Å². The Labute approximate surface area is 90.4 Å². The maximum Gasteiger partial charge on any atom is 0.128 e. The van der Waals surface area contributed by atoms with Crippen LogP contribution in [0.1, 0.15) is 12.8 Å². The molecule has 0 spiro atoms. The number of benzene rings is 1. The van der Waals surface area contributed by atoms with Gasteiger partial charge in [-0.2, -0.15) is 0 Å². The van der Waals surface area contributed by atoms with Crippen molar-refractivity contribution in [2.75, 3.05) is 0 Å². The SMILES string of the molecule is NC1CC(Oc2cc(F)cc(Br)c2)C1. The van der Waals surface area contributed by atoms with E-state index in [0.29, 0.717) is 10.2 Å². The maximum atomic E-state index is 12.9. The molecule has 0 atom stereocenters. The van der Waals surface area contributed by atoms with Gasteiger partial charge in [0, 0.05) is 16.6 Å². The van der Waals surface area contributed by atoms with Crippen molar-refractivity contribution in [1.29, 1.82) is 0 Å². The Kier molecular flexibility index (Phi) is 2.74. The van der Waals surface area contributed by atoms with E-state index in [2.05, 4.69) is 15.9 Å². The zero-order valence-corrected chi connectivity index (χ0v) is 9.13. The highest BCUT2D eigenvalue weighted by molar-refractivity contribution is 9.10. The summed E-state index contributed by atoms with van der Waals surface area (Å²) in [6.45, 7) is 0. The predicted octanol–water partition coefficient (Wildman–Crippen LogP) is 2.46. The quantitative estimate of drug-likeness (QED) is 0.886. The van der Waals surface area contributed by atoms with Crippen molar-refractivity contribution in [3.63, 3.8) is 0 Å². The molecule has 0 unspecified atom stereocenters. The smallest absolute Gasteiger partial charge is 0.128 e. The molecule has 0 aliphatic heterocycles. The third-order valence-electron chi connectivity index (χ3n) is 2.27. The van der Waals surface area contributed by atoms with Crippen molar-refractivity contribution in [3.8, 4) is 5.75 Å². The monoisotopic (exact) mass is 259 g/mol. The van der Waals surface area contributed by atoms with E-state index in [9.17, 15) is 4.39 Å². The molecular weight excluding hydrogens is 249 g/mol. The van der Waals surface area contributed by atoms with Gasteiger partial charge in [-0.3, -0.25) is 0 Å². The summed E-state index contributed by atoms with van der Waals surface area (Å²) in [7, 11) is 0. The van der Waals surface area contributed by atoms with Crippen LogP contribution in [0.25, 0.3) is 0 Å². The summed E-state index contributed by atoms with van der Waals surface area (Å²) in [6.07, 6.45) is 1.86. The standard InChI is InChI=1S/C10H11BrFNO/c11-6-1-7(12)3-9(2-6)14-10-4-8(13)5-10/h1-3,8,10H,4-5,13H2. The normalized spacial score (nSPS) is 25.6. The summed E-state index contributed by atoms with van der Waals surface area (Å²) in [5.41, 5.74) is 5.62. The Morgan fingerprint density at radius 3 is 2.64 bits per heavy atom. The molecule has 0 amide bonds. The maximum absolute atomic E-state index is 12.9. The summed E-state index contributed by atoms with van der Waals surface area (Å²) >= 11 is 3.21. The van der Waals surface area contributed by atoms with Crippen LogP contribution < -0.4 is 10.5 Å². The number of hydrogen-bond donors (Lipinski definition) is 1. The van der Waals surface area contributed by atoms with E-state index in [-0.39, 0.29) is 18.0 Å². The second kappa shape index (κ2) is 3.87. The van der Waals surface area contributed by atoms with E-state index < -0.39 is 0 Å². The van der Waals surface area contributed by atoms with Crippen LogP contribution in [0.5, 0.6) is 5.75 Å². The molecule has 1 aromatic rings. The molecule has 0 aromatic heterocycles. The molecule has 1 aliphatic carbocycles. The molecule has 0 radical (unpaired) electrons. The van der Waals surface area contributed by atoms with Crippen LogP contribution in [0.15, 0.2) is 22.7 Å². The molecule has 1 aromatic carbocycles. The fraction of sp³-hybridized carbons (Fsp3) is 0.400. The van der Waals surface area contributed by atoms with Crippen LogP contribution in [0, 0.1) is 5.82 Å². The average Bonchev–Trinajstić information content (AvgIpc) is 1.99. The molecule has 0 heterocycles. The van der Waals surface area contributed by atoms with Gasteiger partial charge in [-0.25, -0.2) is 4.39 Å². The highest BCUT2D eigenvalue weighted by Crippen LogP contribution is 2.27. The van der Waals surface area contributed by atoms with Crippen LogP contribution >= 0.6 is 15.9 Å². The van der Waals surface area contributed by atoms with Crippen molar-refractivity contribution in [3.05, 3.63) is 28.5 Å². The zero-order valence-electron chi connectivity index (χ0n) is 7.54. The molecule has 1 fully saturated rings. The first-order valence-corrected chi connectivity index (χ1v) is 5.31. The van der Waals surface area contributed by atoms with Gasteiger partial charge in [0.05, 0.1) is 0 Å². The predicted molar refractivity (Wildman–Crippen MR) is 55.7 cm³/mol. The number of hydrogen-bond acceptors (Lipinski definition) is 2. The lowest BCUT2D eigenvalue weighted by Gasteiger charge is -2.32. The van der Waals surface area contributed by atoms with Gasteiger partial charge in [0.15, 0.2) is 0 Å². The van der Waals surface area contributed by atoms with E-state index in [0.717, 1.165) is 12.8 Å². The summed E-state index contributed by atoms with van der Waals surface area (Å²) < 4.78 is 19.2. The molecule has 2 N–H and O–H groups in total. The Morgan fingerprint density at radius 1 is 1.36 bits per heavy atom. The molecule has 2 rings (SSSR count). The Bertz CT molecular complexity index is 319. The van der Waals surface area contributed by atoms with Crippen LogP contribution in [0.3, 0.4) is 0 Å². The minimum absolute atomic E-state index is 0.152. The molecule has 2 nitrogen and oxygen atoms in total. The van der Waals surface area contributed by atoms with Crippen LogP contribution in [0.4, 0.5) is 4.39 Å². The largest absolute Gasteiger partial charge is 0.490 e. The summed E-state index contributed by atoms with van der Waals surface area (Å²) in [4.78, 5) is 0. The molecular formula is C10H11BrFNO. The Morgan fingerprint density at radius 2 is 2.07 bits per heavy atom. The second-order valence-corrected chi connectivity index (χ2v) is 4.49. The van der Waals surface area contributed by atoms with Crippen LogP contribution in [0.2, 0.25) is 0 Å². The van der Waals surface area contributed by atoms with Crippen molar-refractivity contribution in [1.82, 2.24) is 0 Å². The highest BCUT2D eigenvalue weighted by atomic mass is 79.9. The number of rotatable bonds is 2. The van der Waals surface area contributed by atoms with Gasteiger partial charge < -0.3 is 10.5 Å². The molecule has 1 aliphatic rings. The molecule has 14 heavy (non-hydrogen) atoms. The van der Waals surface area contributed by atoms with Gasteiger partial charge in [0.2, 0.25) is 0 Å². The van der Waals surface area contributed by atoms with Crippen molar-refractivity contribution in [2.45, 2.75) is 25.0 Å². The highest BCUT2D eigenvalue weighted by Gasteiger charge is 2.27. The van der Waals surface area contributed by atoms with Crippen molar-refractivity contribution >= 4 is 15.9 Å². The lowest BCUT2D eigenvalue weighted by atomic mass is 9.90. The number of nitrogens with two attached hydrogens (primary N) is 1. The number of ether oxygens (including phenoxy) is 1.